The van der Waals surface area contributed by atoms with Gasteiger partial charge in [0.2, 0.25) is 0 Å². The predicted molar refractivity (Wildman–Crippen MR) is 75.8 cm³/mol. The van der Waals surface area contributed by atoms with Gasteiger partial charge in [-0.1, -0.05) is 42.5 Å². The Morgan fingerprint density at radius 1 is 0.722 bits per heavy atom. The van der Waals surface area contributed by atoms with Crippen LogP contribution in [0.2, 0.25) is 0 Å². The Hall–Kier alpha value is -1.80. The van der Waals surface area contributed by atoms with Gasteiger partial charge in [-0.2, -0.15) is 0 Å². The first-order valence-electron chi connectivity index (χ1n) is 6.65. The van der Waals surface area contributed by atoms with Gasteiger partial charge in [0.25, 0.3) is 0 Å². The standard InChI is InChI=1S/C16H18N2/c1-2-4-14(5-3-1)15-6-8-16(9-7-15)18-12-10-17-11-13-18/h1-9,17H,10-13H2/p+1. The fourth-order valence-corrected chi connectivity index (χ4v) is 2.50. The van der Waals surface area contributed by atoms with Gasteiger partial charge < -0.3 is 10.2 Å². The molecular formula is C16H19N2+. The highest BCUT2D eigenvalue weighted by molar-refractivity contribution is 5.66. The van der Waals surface area contributed by atoms with Crippen molar-refractivity contribution in [3.05, 3.63) is 54.6 Å². The highest BCUT2D eigenvalue weighted by atomic mass is 15.2. The monoisotopic (exact) mass is 239 g/mol. The lowest BCUT2D eigenvalue weighted by atomic mass is 10.1. The summed E-state index contributed by atoms with van der Waals surface area (Å²) in [6.45, 7) is 4.73. The predicted octanol–water partition coefficient (Wildman–Crippen LogP) is 1.74. The topological polar surface area (TPSA) is 19.9 Å². The van der Waals surface area contributed by atoms with Crippen LogP contribution in [0.25, 0.3) is 11.1 Å². The fourth-order valence-electron chi connectivity index (χ4n) is 2.50. The third kappa shape index (κ3) is 2.39. The zero-order valence-electron chi connectivity index (χ0n) is 10.5. The summed E-state index contributed by atoms with van der Waals surface area (Å²) >= 11 is 0. The maximum Gasteiger partial charge on any atom is 0.0934 e. The molecule has 0 saturated carbocycles. The highest BCUT2D eigenvalue weighted by Crippen LogP contribution is 2.22. The van der Waals surface area contributed by atoms with Crippen LogP contribution in [-0.2, 0) is 0 Å². The summed E-state index contributed by atoms with van der Waals surface area (Å²) in [5.41, 5.74) is 3.93. The molecule has 2 heteroatoms. The minimum Gasteiger partial charge on any atom is -0.360 e. The maximum absolute atomic E-state index is 2.47. The minimum atomic E-state index is 1.16. The largest absolute Gasteiger partial charge is 0.360 e. The van der Waals surface area contributed by atoms with Gasteiger partial charge in [0.15, 0.2) is 0 Å². The number of nitrogens with zero attached hydrogens (tertiary/aromatic N) is 1. The van der Waals surface area contributed by atoms with Crippen molar-refractivity contribution in [1.29, 1.82) is 0 Å². The Labute approximate surface area is 108 Å². The summed E-state index contributed by atoms with van der Waals surface area (Å²) in [4.78, 5) is 2.47. The van der Waals surface area contributed by atoms with Crippen molar-refractivity contribution >= 4 is 5.69 Å². The molecule has 0 atom stereocenters. The summed E-state index contributed by atoms with van der Waals surface area (Å²) in [6.07, 6.45) is 0. The lowest BCUT2D eigenvalue weighted by Crippen LogP contribution is -2.89. The van der Waals surface area contributed by atoms with E-state index in [1.54, 1.807) is 0 Å². The van der Waals surface area contributed by atoms with E-state index >= 15 is 0 Å². The zero-order chi connectivity index (χ0) is 12.2. The second kappa shape index (κ2) is 5.23. The van der Waals surface area contributed by atoms with Crippen LogP contribution in [0.15, 0.2) is 54.6 Å². The number of nitrogens with two attached hydrogens (primary N) is 1. The molecular weight excluding hydrogens is 220 g/mol. The molecule has 2 aromatic carbocycles. The molecule has 0 aliphatic carbocycles. The van der Waals surface area contributed by atoms with Crippen molar-refractivity contribution < 1.29 is 5.32 Å². The van der Waals surface area contributed by atoms with Crippen molar-refractivity contribution in [3.8, 4) is 11.1 Å². The van der Waals surface area contributed by atoms with Crippen LogP contribution in [0.5, 0.6) is 0 Å². The Balaban J connectivity index is 1.80. The van der Waals surface area contributed by atoms with Crippen LogP contribution < -0.4 is 10.2 Å². The number of hydrogen-bond acceptors (Lipinski definition) is 1. The first-order valence-corrected chi connectivity index (χ1v) is 6.65. The number of rotatable bonds is 2. The lowest BCUT2D eigenvalue weighted by molar-refractivity contribution is -0.655. The summed E-state index contributed by atoms with van der Waals surface area (Å²) in [6, 6.07) is 19.5. The SMILES string of the molecule is c1ccc(-c2ccc(N3CC[NH2+]CC3)cc2)cc1. The molecule has 1 saturated heterocycles. The molecule has 0 amide bonds. The van der Waals surface area contributed by atoms with E-state index in [1.807, 2.05) is 0 Å². The highest BCUT2D eigenvalue weighted by Gasteiger charge is 2.12. The maximum atomic E-state index is 2.47. The van der Waals surface area contributed by atoms with Gasteiger partial charge in [-0.25, -0.2) is 0 Å². The molecule has 1 fully saturated rings. The molecule has 3 rings (SSSR count). The quantitative estimate of drug-likeness (QED) is 0.846. The van der Waals surface area contributed by atoms with E-state index in [4.69, 9.17) is 0 Å². The molecule has 0 aromatic heterocycles. The average molecular weight is 239 g/mol. The van der Waals surface area contributed by atoms with Crippen LogP contribution in [0.3, 0.4) is 0 Å². The van der Waals surface area contributed by atoms with Gasteiger partial charge in [0, 0.05) is 5.69 Å². The van der Waals surface area contributed by atoms with Crippen molar-refractivity contribution in [2.45, 2.75) is 0 Å². The molecule has 2 N–H and O–H groups in total. The molecule has 2 nitrogen and oxygen atoms in total. The third-order valence-corrected chi connectivity index (χ3v) is 3.55. The first kappa shape index (κ1) is 11.3. The number of anilines is 1. The number of hydrogen-bond donors (Lipinski definition) is 1. The van der Waals surface area contributed by atoms with Crippen LogP contribution in [-0.4, -0.2) is 26.2 Å². The fraction of sp³-hybridized carbons (Fsp3) is 0.250. The van der Waals surface area contributed by atoms with Crippen LogP contribution in [0.1, 0.15) is 0 Å². The zero-order valence-corrected chi connectivity index (χ0v) is 10.5. The molecule has 92 valence electrons. The Bertz CT molecular complexity index is 484. The van der Waals surface area contributed by atoms with E-state index in [9.17, 15) is 0 Å². The van der Waals surface area contributed by atoms with E-state index in [-0.39, 0.29) is 0 Å². The second-order valence-electron chi connectivity index (χ2n) is 4.77. The van der Waals surface area contributed by atoms with Gasteiger partial charge in [-0.05, 0) is 23.3 Å². The Morgan fingerprint density at radius 3 is 2.00 bits per heavy atom. The van der Waals surface area contributed by atoms with E-state index in [0.29, 0.717) is 0 Å². The van der Waals surface area contributed by atoms with Gasteiger partial charge in [0.1, 0.15) is 0 Å². The molecule has 0 unspecified atom stereocenters. The van der Waals surface area contributed by atoms with Crippen LogP contribution >= 0.6 is 0 Å². The molecule has 2 aromatic rings. The van der Waals surface area contributed by atoms with E-state index in [2.05, 4.69) is 64.8 Å². The average Bonchev–Trinajstić information content (AvgIpc) is 2.49. The molecule has 18 heavy (non-hydrogen) atoms. The number of piperazine rings is 1. The van der Waals surface area contributed by atoms with Gasteiger partial charge >= 0.3 is 0 Å². The van der Waals surface area contributed by atoms with Crippen molar-refractivity contribution in [3.63, 3.8) is 0 Å². The van der Waals surface area contributed by atoms with Crippen molar-refractivity contribution in [2.24, 2.45) is 0 Å². The van der Waals surface area contributed by atoms with Gasteiger partial charge in [-0.15, -0.1) is 0 Å². The summed E-state index contributed by atoms with van der Waals surface area (Å²) in [5.74, 6) is 0. The van der Waals surface area contributed by atoms with E-state index in [1.165, 1.54) is 29.9 Å². The number of benzene rings is 2. The second-order valence-corrected chi connectivity index (χ2v) is 4.77. The summed E-state index contributed by atoms with van der Waals surface area (Å²) in [7, 11) is 0. The van der Waals surface area contributed by atoms with E-state index < -0.39 is 0 Å². The van der Waals surface area contributed by atoms with E-state index in [0.717, 1.165) is 13.1 Å². The minimum absolute atomic E-state index is 1.16. The summed E-state index contributed by atoms with van der Waals surface area (Å²) < 4.78 is 0. The third-order valence-electron chi connectivity index (χ3n) is 3.55. The van der Waals surface area contributed by atoms with Crippen LogP contribution in [0.4, 0.5) is 5.69 Å². The Morgan fingerprint density at radius 2 is 1.33 bits per heavy atom. The normalized spacial score (nSPS) is 15.7. The molecule has 1 aliphatic heterocycles. The molecule has 0 radical (unpaired) electrons. The molecule has 1 aliphatic rings. The summed E-state index contributed by atoms with van der Waals surface area (Å²) in [5, 5.41) is 2.38. The lowest BCUT2D eigenvalue weighted by Gasteiger charge is -2.27. The first-order chi connectivity index (χ1) is 8.93. The number of quaternary nitrogens is 1. The van der Waals surface area contributed by atoms with Crippen LogP contribution in [0, 0.1) is 0 Å². The molecule has 0 bridgehead atoms. The van der Waals surface area contributed by atoms with Crippen molar-refractivity contribution in [2.75, 3.05) is 31.1 Å². The Kier molecular flexibility index (Phi) is 3.29. The molecule has 1 heterocycles. The smallest absolute Gasteiger partial charge is 0.0934 e. The van der Waals surface area contributed by atoms with Gasteiger partial charge in [0.05, 0.1) is 26.2 Å². The molecule has 0 spiro atoms. The van der Waals surface area contributed by atoms with Crippen molar-refractivity contribution in [1.82, 2.24) is 0 Å². The van der Waals surface area contributed by atoms with Gasteiger partial charge in [-0.3, -0.25) is 0 Å².